The van der Waals surface area contributed by atoms with E-state index in [1.807, 2.05) is 0 Å². The normalized spacial score (nSPS) is 20.6. The minimum atomic E-state index is 0.368. The van der Waals surface area contributed by atoms with Crippen molar-refractivity contribution in [2.45, 2.75) is 53.1 Å². The molecule has 2 heteroatoms. The van der Waals surface area contributed by atoms with Crippen molar-refractivity contribution in [2.75, 3.05) is 19.7 Å². The summed E-state index contributed by atoms with van der Waals surface area (Å²) in [6, 6.07) is 0. The van der Waals surface area contributed by atoms with Crippen molar-refractivity contribution < 1.29 is 4.74 Å². The average Bonchev–Trinajstić information content (AvgIpc) is 2.97. The highest BCUT2D eigenvalue weighted by Gasteiger charge is 2.40. The summed E-state index contributed by atoms with van der Waals surface area (Å²) in [5.41, 5.74) is 0.463. The lowest BCUT2D eigenvalue weighted by Gasteiger charge is -2.30. The molecule has 0 radical (unpaired) electrons. The Hall–Kier alpha value is -0.0800. The maximum Gasteiger partial charge on any atom is 0.0518 e. The van der Waals surface area contributed by atoms with Crippen LogP contribution in [-0.2, 0) is 4.74 Å². The molecule has 1 rings (SSSR count). The Morgan fingerprint density at radius 3 is 2.53 bits per heavy atom. The van der Waals surface area contributed by atoms with Crippen LogP contribution in [-0.4, -0.2) is 25.8 Å². The van der Waals surface area contributed by atoms with Crippen LogP contribution in [0.25, 0.3) is 0 Å². The minimum Gasteiger partial charge on any atom is -0.379 e. The third-order valence-corrected chi connectivity index (χ3v) is 3.47. The van der Waals surface area contributed by atoms with Crippen molar-refractivity contribution in [3.63, 3.8) is 0 Å². The quantitative estimate of drug-likeness (QED) is 0.669. The summed E-state index contributed by atoms with van der Waals surface area (Å²) in [6.45, 7) is 11.9. The molecule has 1 unspecified atom stereocenters. The molecule has 1 aliphatic carbocycles. The van der Waals surface area contributed by atoms with Gasteiger partial charge < -0.3 is 10.1 Å². The van der Waals surface area contributed by atoms with Crippen molar-refractivity contribution in [2.24, 2.45) is 11.3 Å². The molecule has 1 atom stereocenters. The molecule has 2 nitrogen and oxygen atoms in total. The minimum absolute atomic E-state index is 0.368. The maximum absolute atomic E-state index is 5.67. The van der Waals surface area contributed by atoms with E-state index >= 15 is 0 Å². The fourth-order valence-corrected chi connectivity index (χ4v) is 2.16. The molecule has 1 aliphatic rings. The van der Waals surface area contributed by atoms with E-state index in [2.05, 4.69) is 33.0 Å². The zero-order valence-electron chi connectivity index (χ0n) is 10.8. The SMILES string of the molecule is CCNCC(C)(CCOC(C)C)C1CC1. The Kier molecular flexibility index (Phi) is 5.07. The molecule has 1 saturated carbocycles. The van der Waals surface area contributed by atoms with Gasteiger partial charge in [0.25, 0.3) is 0 Å². The van der Waals surface area contributed by atoms with Gasteiger partial charge in [0, 0.05) is 13.2 Å². The second-order valence-corrected chi connectivity index (χ2v) is 5.38. The number of hydrogen-bond acceptors (Lipinski definition) is 2. The molecule has 1 fully saturated rings. The van der Waals surface area contributed by atoms with E-state index < -0.39 is 0 Å². The Morgan fingerprint density at radius 1 is 1.40 bits per heavy atom. The molecule has 0 aromatic carbocycles. The second-order valence-electron chi connectivity index (χ2n) is 5.38. The van der Waals surface area contributed by atoms with Crippen LogP contribution >= 0.6 is 0 Å². The molecule has 0 amide bonds. The summed E-state index contributed by atoms with van der Waals surface area (Å²) in [5.74, 6) is 0.937. The highest BCUT2D eigenvalue weighted by Crippen LogP contribution is 2.47. The van der Waals surface area contributed by atoms with Crippen LogP contribution in [0.5, 0.6) is 0 Å². The van der Waals surface area contributed by atoms with Crippen molar-refractivity contribution in [3.8, 4) is 0 Å². The van der Waals surface area contributed by atoms with Gasteiger partial charge in [-0.25, -0.2) is 0 Å². The fourth-order valence-electron chi connectivity index (χ4n) is 2.16. The summed E-state index contributed by atoms with van der Waals surface area (Å²) < 4.78 is 5.67. The van der Waals surface area contributed by atoms with Gasteiger partial charge in [-0.2, -0.15) is 0 Å². The third kappa shape index (κ3) is 4.52. The lowest BCUT2D eigenvalue weighted by molar-refractivity contribution is 0.0490. The van der Waals surface area contributed by atoms with E-state index in [0.29, 0.717) is 11.5 Å². The molecule has 0 bridgehead atoms. The average molecular weight is 213 g/mol. The molecule has 0 aromatic rings. The van der Waals surface area contributed by atoms with E-state index in [1.54, 1.807) is 0 Å². The van der Waals surface area contributed by atoms with Gasteiger partial charge in [0.2, 0.25) is 0 Å². The topological polar surface area (TPSA) is 21.3 Å². The predicted molar refractivity (Wildman–Crippen MR) is 65.1 cm³/mol. The third-order valence-electron chi connectivity index (χ3n) is 3.47. The van der Waals surface area contributed by atoms with Crippen LogP contribution < -0.4 is 5.32 Å². The zero-order chi connectivity index (χ0) is 11.3. The highest BCUT2D eigenvalue weighted by molar-refractivity contribution is 4.92. The van der Waals surface area contributed by atoms with Crippen LogP contribution in [0.4, 0.5) is 0 Å². The number of nitrogens with one attached hydrogen (secondary N) is 1. The second kappa shape index (κ2) is 5.86. The molecule has 90 valence electrons. The fraction of sp³-hybridized carbons (Fsp3) is 1.00. The molecule has 15 heavy (non-hydrogen) atoms. The Labute approximate surface area is 94.8 Å². The molecule has 0 heterocycles. The molecular weight excluding hydrogens is 186 g/mol. The molecule has 1 N–H and O–H groups in total. The largest absolute Gasteiger partial charge is 0.379 e. The number of rotatable bonds is 8. The Morgan fingerprint density at radius 2 is 2.07 bits per heavy atom. The summed E-state index contributed by atoms with van der Waals surface area (Å²) >= 11 is 0. The van der Waals surface area contributed by atoms with Crippen molar-refractivity contribution in [1.82, 2.24) is 5.32 Å². The first kappa shape index (κ1) is 13.0. The van der Waals surface area contributed by atoms with Crippen LogP contribution in [0.3, 0.4) is 0 Å². The lowest BCUT2D eigenvalue weighted by atomic mass is 9.81. The van der Waals surface area contributed by atoms with Gasteiger partial charge in [-0.15, -0.1) is 0 Å². The maximum atomic E-state index is 5.67. The van der Waals surface area contributed by atoms with Gasteiger partial charge in [0.05, 0.1) is 6.10 Å². The van der Waals surface area contributed by atoms with Gasteiger partial charge in [-0.05, 0) is 51.0 Å². The molecule has 0 saturated heterocycles. The summed E-state index contributed by atoms with van der Waals surface area (Å²) in [7, 11) is 0. The van der Waals surface area contributed by atoms with E-state index in [4.69, 9.17) is 4.74 Å². The monoisotopic (exact) mass is 213 g/mol. The van der Waals surface area contributed by atoms with E-state index in [9.17, 15) is 0 Å². The van der Waals surface area contributed by atoms with Gasteiger partial charge in [-0.1, -0.05) is 13.8 Å². The summed E-state index contributed by atoms with van der Waals surface area (Å²) in [4.78, 5) is 0. The smallest absolute Gasteiger partial charge is 0.0518 e. The van der Waals surface area contributed by atoms with Crippen LogP contribution in [0, 0.1) is 11.3 Å². The number of hydrogen-bond donors (Lipinski definition) is 1. The van der Waals surface area contributed by atoms with E-state index in [0.717, 1.165) is 25.6 Å². The van der Waals surface area contributed by atoms with Gasteiger partial charge >= 0.3 is 0 Å². The van der Waals surface area contributed by atoms with Crippen LogP contribution in [0.1, 0.15) is 47.0 Å². The summed E-state index contributed by atoms with van der Waals surface area (Å²) in [6.07, 6.45) is 4.41. The predicted octanol–water partition coefficient (Wildman–Crippen LogP) is 2.83. The molecular formula is C13H27NO. The number of ether oxygens (including phenoxy) is 1. The van der Waals surface area contributed by atoms with Gasteiger partial charge in [-0.3, -0.25) is 0 Å². The standard InChI is InChI=1S/C13H27NO/c1-5-14-10-13(4,12-6-7-12)8-9-15-11(2)3/h11-12,14H,5-10H2,1-4H3. The molecule has 0 aliphatic heterocycles. The summed E-state index contributed by atoms with van der Waals surface area (Å²) in [5, 5.41) is 3.49. The Balaban J connectivity index is 2.28. The first-order valence-electron chi connectivity index (χ1n) is 6.41. The van der Waals surface area contributed by atoms with E-state index in [-0.39, 0.29) is 0 Å². The van der Waals surface area contributed by atoms with E-state index in [1.165, 1.54) is 19.3 Å². The van der Waals surface area contributed by atoms with Crippen molar-refractivity contribution in [3.05, 3.63) is 0 Å². The van der Waals surface area contributed by atoms with Crippen LogP contribution in [0.2, 0.25) is 0 Å². The molecule has 0 spiro atoms. The Bertz CT molecular complexity index is 177. The zero-order valence-corrected chi connectivity index (χ0v) is 10.8. The van der Waals surface area contributed by atoms with Gasteiger partial charge in [0.1, 0.15) is 0 Å². The first-order valence-corrected chi connectivity index (χ1v) is 6.41. The first-order chi connectivity index (χ1) is 7.08. The molecule has 0 aromatic heterocycles. The van der Waals surface area contributed by atoms with Crippen molar-refractivity contribution in [1.29, 1.82) is 0 Å². The van der Waals surface area contributed by atoms with Crippen LogP contribution in [0.15, 0.2) is 0 Å². The van der Waals surface area contributed by atoms with Crippen molar-refractivity contribution >= 4 is 0 Å². The lowest BCUT2D eigenvalue weighted by Crippen LogP contribution is -2.35. The van der Waals surface area contributed by atoms with Gasteiger partial charge in [0.15, 0.2) is 0 Å². The highest BCUT2D eigenvalue weighted by atomic mass is 16.5.